The van der Waals surface area contributed by atoms with Crippen LogP contribution in [0.15, 0.2) is 0 Å². The summed E-state index contributed by atoms with van der Waals surface area (Å²) in [7, 11) is 0. The first-order chi connectivity index (χ1) is 5.88. The van der Waals surface area contributed by atoms with Gasteiger partial charge in [-0.3, -0.25) is 0 Å². The van der Waals surface area contributed by atoms with Crippen molar-refractivity contribution >= 4 is 0 Å². The zero-order valence-electron chi connectivity index (χ0n) is 8.60. The molecule has 1 heteroatoms. The van der Waals surface area contributed by atoms with Gasteiger partial charge >= 0.3 is 0 Å². The zero-order chi connectivity index (χ0) is 8.81. The number of unbranched alkanes of at least 4 members (excludes halogenated alkanes) is 1. The molecule has 1 unspecified atom stereocenters. The molecular weight excluding hydrogens is 146 g/mol. The lowest BCUT2D eigenvalue weighted by molar-refractivity contribution is 0.219. The molecule has 0 saturated heterocycles. The van der Waals surface area contributed by atoms with E-state index in [4.69, 9.17) is 0 Å². The molecule has 1 aliphatic carbocycles. The van der Waals surface area contributed by atoms with Crippen molar-refractivity contribution in [1.82, 2.24) is 5.32 Å². The van der Waals surface area contributed by atoms with E-state index in [2.05, 4.69) is 19.2 Å². The summed E-state index contributed by atoms with van der Waals surface area (Å²) < 4.78 is 0. The van der Waals surface area contributed by atoms with Crippen molar-refractivity contribution in [3.8, 4) is 0 Å². The van der Waals surface area contributed by atoms with E-state index in [0.29, 0.717) is 0 Å². The Hall–Kier alpha value is -0.0400. The van der Waals surface area contributed by atoms with Gasteiger partial charge in [-0.05, 0) is 31.7 Å². The van der Waals surface area contributed by atoms with Gasteiger partial charge in [0, 0.05) is 6.04 Å². The highest BCUT2D eigenvalue weighted by atomic mass is 14.9. The summed E-state index contributed by atoms with van der Waals surface area (Å²) in [6, 6.07) is 0.837. The Morgan fingerprint density at radius 1 is 1.33 bits per heavy atom. The van der Waals surface area contributed by atoms with E-state index in [1.807, 2.05) is 0 Å². The zero-order valence-corrected chi connectivity index (χ0v) is 8.60. The Balaban J connectivity index is 2.17. The molecule has 0 aromatic rings. The third-order valence-corrected chi connectivity index (χ3v) is 3.05. The van der Waals surface area contributed by atoms with Crippen molar-refractivity contribution < 1.29 is 0 Å². The Bertz CT molecular complexity index is 108. The minimum absolute atomic E-state index is 0.837. The normalized spacial score (nSPS) is 20.5. The fraction of sp³-hybridized carbons (Fsp3) is 1.00. The minimum Gasteiger partial charge on any atom is -0.314 e. The predicted molar refractivity (Wildman–Crippen MR) is 54.3 cm³/mol. The second-order valence-electron chi connectivity index (χ2n) is 4.00. The van der Waals surface area contributed by atoms with Gasteiger partial charge in [-0.2, -0.15) is 0 Å². The van der Waals surface area contributed by atoms with Crippen LogP contribution < -0.4 is 5.32 Å². The molecule has 1 N–H and O–H groups in total. The van der Waals surface area contributed by atoms with E-state index in [0.717, 1.165) is 18.5 Å². The largest absolute Gasteiger partial charge is 0.314 e. The standard InChI is InChI=1S/C11H23N/c1-3-5-9-11(12-4-2)10-7-6-8-10/h10-12H,3-9H2,1-2H3. The van der Waals surface area contributed by atoms with E-state index >= 15 is 0 Å². The maximum Gasteiger partial charge on any atom is 0.00952 e. The van der Waals surface area contributed by atoms with E-state index in [9.17, 15) is 0 Å². The fourth-order valence-electron chi connectivity index (χ4n) is 2.03. The predicted octanol–water partition coefficient (Wildman–Crippen LogP) is 2.95. The molecule has 1 nitrogen and oxygen atoms in total. The molecule has 0 bridgehead atoms. The molecule has 0 heterocycles. The van der Waals surface area contributed by atoms with Crippen molar-refractivity contribution in [2.24, 2.45) is 5.92 Å². The van der Waals surface area contributed by atoms with Gasteiger partial charge in [0.25, 0.3) is 0 Å². The second kappa shape index (κ2) is 5.58. The van der Waals surface area contributed by atoms with E-state index in [-0.39, 0.29) is 0 Å². The topological polar surface area (TPSA) is 12.0 Å². The van der Waals surface area contributed by atoms with Crippen LogP contribution in [0.4, 0.5) is 0 Å². The van der Waals surface area contributed by atoms with Crippen molar-refractivity contribution in [3.05, 3.63) is 0 Å². The fourth-order valence-corrected chi connectivity index (χ4v) is 2.03. The lowest BCUT2D eigenvalue weighted by Gasteiger charge is -2.34. The molecule has 1 fully saturated rings. The number of hydrogen-bond donors (Lipinski definition) is 1. The molecule has 12 heavy (non-hydrogen) atoms. The van der Waals surface area contributed by atoms with Crippen LogP contribution in [-0.4, -0.2) is 12.6 Å². The van der Waals surface area contributed by atoms with Gasteiger partial charge in [-0.1, -0.05) is 33.1 Å². The van der Waals surface area contributed by atoms with Crippen LogP contribution in [0.5, 0.6) is 0 Å². The summed E-state index contributed by atoms with van der Waals surface area (Å²) >= 11 is 0. The first-order valence-electron chi connectivity index (χ1n) is 5.61. The maximum atomic E-state index is 3.62. The quantitative estimate of drug-likeness (QED) is 0.644. The van der Waals surface area contributed by atoms with Crippen molar-refractivity contribution in [2.45, 2.75) is 58.4 Å². The molecule has 0 aromatic carbocycles. The van der Waals surface area contributed by atoms with Crippen molar-refractivity contribution in [1.29, 1.82) is 0 Å². The Kier molecular flexibility index (Phi) is 4.67. The van der Waals surface area contributed by atoms with Gasteiger partial charge in [0.2, 0.25) is 0 Å². The lowest BCUT2D eigenvalue weighted by Crippen LogP contribution is -2.39. The monoisotopic (exact) mass is 169 g/mol. The summed E-state index contributed by atoms with van der Waals surface area (Å²) in [4.78, 5) is 0. The van der Waals surface area contributed by atoms with E-state index in [1.54, 1.807) is 0 Å². The third-order valence-electron chi connectivity index (χ3n) is 3.05. The van der Waals surface area contributed by atoms with Crippen LogP contribution in [0.1, 0.15) is 52.4 Å². The van der Waals surface area contributed by atoms with Crippen LogP contribution in [0.3, 0.4) is 0 Å². The van der Waals surface area contributed by atoms with Gasteiger partial charge in [-0.15, -0.1) is 0 Å². The molecule has 1 atom stereocenters. The van der Waals surface area contributed by atoms with Crippen molar-refractivity contribution in [3.63, 3.8) is 0 Å². The van der Waals surface area contributed by atoms with Gasteiger partial charge in [0.1, 0.15) is 0 Å². The van der Waals surface area contributed by atoms with Crippen LogP contribution in [0.25, 0.3) is 0 Å². The molecule has 0 aliphatic heterocycles. The van der Waals surface area contributed by atoms with Crippen LogP contribution >= 0.6 is 0 Å². The Morgan fingerprint density at radius 3 is 2.50 bits per heavy atom. The first-order valence-corrected chi connectivity index (χ1v) is 5.61. The van der Waals surface area contributed by atoms with Crippen molar-refractivity contribution in [2.75, 3.05) is 6.54 Å². The highest BCUT2D eigenvalue weighted by Crippen LogP contribution is 2.31. The average Bonchev–Trinajstić information content (AvgIpc) is 1.97. The average molecular weight is 169 g/mol. The summed E-state index contributed by atoms with van der Waals surface area (Å²) in [5.41, 5.74) is 0. The second-order valence-corrected chi connectivity index (χ2v) is 4.00. The molecule has 0 spiro atoms. The van der Waals surface area contributed by atoms with Crippen LogP contribution in [0, 0.1) is 5.92 Å². The minimum atomic E-state index is 0.837. The Labute approximate surface area is 76.9 Å². The number of rotatable bonds is 6. The molecule has 1 rings (SSSR count). The van der Waals surface area contributed by atoms with Crippen LogP contribution in [0.2, 0.25) is 0 Å². The van der Waals surface area contributed by atoms with Gasteiger partial charge in [0.15, 0.2) is 0 Å². The van der Waals surface area contributed by atoms with Gasteiger partial charge in [0.05, 0.1) is 0 Å². The summed E-state index contributed by atoms with van der Waals surface area (Å²) in [6.07, 6.45) is 8.55. The summed E-state index contributed by atoms with van der Waals surface area (Å²) in [5, 5.41) is 3.62. The maximum absolute atomic E-state index is 3.62. The molecule has 72 valence electrons. The molecule has 1 saturated carbocycles. The smallest absolute Gasteiger partial charge is 0.00952 e. The summed E-state index contributed by atoms with van der Waals surface area (Å²) in [6.45, 7) is 5.65. The van der Waals surface area contributed by atoms with E-state index < -0.39 is 0 Å². The first kappa shape index (κ1) is 10.0. The highest BCUT2D eigenvalue weighted by Gasteiger charge is 2.25. The summed E-state index contributed by atoms with van der Waals surface area (Å²) in [5.74, 6) is 1.01. The highest BCUT2D eigenvalue weighted by molar-refractivity contribution is 4.82. The lowest BCUT2D eigenvalue weighted by atomic mass is 9.78. The Morgan fingerprint density at radius 2 is 2.08 bits per heavy atom. The van der Waals surface area contributed by atoms with Gasteiger partial charge < -0.3 is 5.32 Å². The molecule has 0 radical (unpaired) electrons. The van der Waals surface area contributed by atoms with Crippen LogP contribution in [-0.2, 0) is 0 Å². The molecule has 0 aromatic heterocycles. The molecule has 1 aliphatic rings. The molecular formula is C11H23N. The van der Waals surface area contributed by atoms with Gasteiger partial charge in [-0.25, -0.2) is 0 Å². The van der Waals surface area contributed by atoms with E-state index in [1.165, 1.54) is 38.5 Å². The third kappa shape index (κ3) is 2.78. The number of nitrogens with one attached hydrogen (secondary N) is 1. The number of hydrogen-bond acceptors (Lipinski definition) is 1. The molecule has 0 amide bonds. The SMILES string of the molecule is CCCCC(NCC)C1CCC1.